The van der Waals surface area contributed by atoms with Crippen LogP contribution in [0, 0.1) is 5.92 Å². The van der Waals surface area contributed by atoms with Crippen LogP contribution in [0.2, 0.25) is 10.0 Å². The summed E-state index contributed by atoms with van der Waals surface area (Å²) in [5, 5.41) is 9.15. The molecular weight excluding hydrogens is 313 g/mol. The molecule has 0 unspecified atom stereocenters. The highest BCUT2D eigenvalue weighted by molar-refractivity contribution is 7.92. The standard InChI is InChI=1S/C11H11Cl2NO4S/c12-7-3-8(11(15)16)10(9(13)4-7)14-19(17,18)5-6-1-2-6/h3-4,6,14H,1-2,5H2,(H,15,16). The van der Waals surface area contributed by atoms with Gasteiger partial charge in [0.25, 0.3) is 0 Å². The number of anilines is 1. The van der Waals surface area contributed by atoms with Crippen LogP contribution in [-0.2, 0) is 10.0 Å². The average Bonchev–Trinajstić information content (AvgIpc) is 3.04. The van der Waals surface area contributed by atoms with Crippen LogP contribution in [0.4, 0.5) is 5.69 Å². The monoisotopic (exact) mass is 323 g/mol. The molecule has 1 saturated carbocycles. The van der Waals surface area contributed by atoms with Gasteiger partial charge in [0.2, 0.25) is 10.0 Å². The zero-order valence-electron chi connectivity index (χ0n) is 9.69. The van der Waals surface area contributed by atoms with E-state index >= 15 is 0 Å². The number of sulfonamides is 1. The maximum Gasteiger partial charge on any atom is 0.337 e. The molecule has 0 saturated heterocycles. The molecule has 8 heteroatoms. The highest BCUT2D eigenvalue weighted by Crippen LogP contribution is 2.34. The van der Waals surface area contributed by atoms with Gasteiger partial charge in [-0.15, -0.1) is 0 Å². The Kier molecular flexibility index (Phi) is 3.94. The van der Waals surface area contributed by atoms with Gasteiger partial charge in [0, 0.05) is 5.02 Å². The summed E-state index contributed by atoms with van der Waals surface area (Å²) >= 11 is 11.6. The van der Waals surface area contributed by atoms with E-state index < -0.39 is 16.0 Å². The second kappa shape index (κ2) is 5.19. The van der Waals surface area contributed by atoms with Crippen molar-refractivity contribution >= 4 is 44.9 Å². The van der Waals surface area contributed by atoms with Crippen molar-refractivity contribution in [3.05, 3.63) is 27.7 Å². The van der Waals surface area contributed by atoms with Crippen LogP contribution >= 0.6 is 23.2 Å². The molecule has 104 valence electrons. The van der Waals surface area contributed by atoms with E-state index in [1.165, 1.54) is 6.07 Å². The second-order valence-corrected chi connectivity index (χ2v) is 7.05. The van der Waals surface area contributed by atoms with Crippen molar-refractivity contribution in [2.75, 3.05) is 10.5 Å². The van der Waals surface area contributed by atoms with E-state index in [4.69, 9.17) is 28.3 Å². The van der Waals surface area contributed by atoms with Gasteiger partial charge >= 0.3 is 5.97 Å². The summed E-state index contributed by atoms with van der Waals surface area (Å²) in [6.45, 7) is 0. The molecule has 1 aliphatic carbocycles. The smallest absolute Gasteiger partial charge is 0.337 e. The van der Waals surface area contributed by atoms with Crippen molar-refractivity contribution < 1.29 is 18.3 Å². The maximum absolute atomic E-state index is 11.9. The van der Waals surface area contributed by atoms with Gasteiger partial charge in [-0.3, -0.25) is 4.72 Å². The molecule has 1 fully saturated rings. The summed E-state index contributed by atoms with van der Waals surface area (Å²) in [5.74, 6) is -1.17. The van der Waals surface area contributed by atoms with Gasteiger partial charge < -0.3 is 5.11 Å². The fourth-order valence-electron chi connectivity index (χ4n) is 1.64. The Morgan fingerprint density at radius 1 is 1.37 bits per heavy atom. The Bertz CT molecular complexity index is 626. The number of carboxylic acid groups (broad SMARTS) is 1. The lowest BCUT2D eigenvalue weighted by Crippen LogP contribution is -2.20. The lowest BCUT2D eigenvalue weighted by Gasteiger charge is -2.12. The van der Waals surface area contributed by atoms with Crippen molar-refractivity contribution in [3.63, 3.8) is 0 Å². The minimum Gasteiger partial charge on any atom is -0.478 e. The minimum absolute atomic E-state index is 0.0228. The Labute approximate surface area is 120 Å². The third kappa shape index (κ3) is 3.75. The van der Waals surface area contributed by atoms with Crippen molar-refractivity contribution in [1.29, 1.82) is 0 Å². The molecule has 0 spiro atoms. The second-order valence-electron chi connectivity index (χ2n) is 4.44. The van der Waals surface area contributed by atoms with Gasteiger partial charge in [0.15, 0.2) is 0 Å². The average molecular weight is 324 g/mol. The molecule has 0 aromatic heterocycles. The van der Waals surface area contributed by atoms with Gasteiger partial charge in [0.05, 0.1) is 22.0 Å². The Morgan fingerprint density at radius 2 is 2.00 bits per heavy atom. The Balaban J connectivity index is 2.35. The number of rotatable bonds is 5. The molecule has 0 bridgehead atoms. The zero-order chi connectivity index (χ0) is 14.2. The van der Waals surface area contributed by atoms with Crippen LogP contribution < -0.4 is 4.72 Å². The van der Waals surface area contributed by atoms with Crippen LogP contribution in [0.5, 0.6) is 0 Å². The SMILES string of the molecule is O=C(O)c1cc(Cl)cc(Cl)c1NS(=O)(=O)CC1CC1. The number of halogens is 2. The van der Waals surface area contributed by atoms with Crippen molar-refractivity contribution in [2.45, 2.75) is 12.8 Å². The third-order valence-corrected chi connectivity index (χ3v) is 4.64. The number of carbonyl (C=O) groups is 1. The van der Waals surface area contributed by atoms with E-state index in [9.17, 15) is 13.2 Å². The maximum atomic E-state index is 11.9. The summed E-state index contributed by atoms with van der Waals surface area (Å²) < 4.78 is 26.0. The molecule has 0 radical (unpaired) electrons. The highest BCUT2D eigenvalue weighted by Gasteiger charge is 2.29. The number of hydrogen-bond acceptors (Lipinski definition) is 3. The van der Waals surface area contributed by atoms with Crippen LogP contribution in [0.1, 0.15) is 23.2 Å². The molecule has 2 rings (SSSR count). The minimum atomic E-state index is -3.60. The van der Waals surface area contributed by atoms with Crippen molar-refractivity contribution in [1.82, 2.24) is 0 Å². The third-order valence-electron chi connectivity index (χ3n) is 2.70. The molecule has 2 N–H and O–H groups in total. The quantitative estimate of drug-likeness (QED) is 0.872. The van der Waals surface area contributed by atoms with E-state index in [-0.39, 0.29) is 33.0 Å². The first kappa shape index (κ1) is 14.4. The molecule has 0 amide bonds. The number of nitrogens with one attached hydrogen (secondary N) is 1. The summed E-state index contributed by atoms with van der Waals surface area (Å²) in [4.78, 5) is 11.1. The van der Waals surface area contributed by atoms with Gasteiger partial charge in [-0.1, -0.05) is 23.2 Å². The summed E-state index contributed by atoms with van der Waals surface area (Å²) in [6, 6.07) is 2.45. The molecule has 19 heavy (non-hydrogen) atoms. The van der Waals surface area contributed by atoms with Crippen molar-refractivity contribution in [3.8, 4) is 0 Å². The molecule has 0 atom stereocenters. The van der Waals surface area contributed by atoms with Crippen LogP contribution in [-0.4, -0.2) is 25.2 Å². The van der Waals surface area contributed by atoms with Crippen LogP contribution in [0.25, 0.3) is 0 Å². The summed E-state index contributed by atoms with van der Waals surface area (Å²) in [7, 11) is -3.60. The van der Waals surface area contributed by atoms with Gasteiger partial charge in [-0.25, -0.2) is 13.2 Å². The molecule has 0 heterocycles. The first-order valence-corrected chi connectivity index (χ1v) is 7.92. The number of carboxylic acids is 1. The van der Waals surface area contributed by atoms with Gasteiger partial charge in [-0.05, 0) is 30.9 Å². The van der Waals surface area contributed by atoms with Crippen LogP contribution in [0.15, 0.2) is 12.1 Å². The number of benzene rings is 1. The predicted molar refractivity (Wildman–Crippen MR) is 73.6 cm³/mol. The van der Waals surface area contributed by atoms with E-state index in [0.29, 0.717) is 0 Å². The number of hydrogen-bond donors (Lipinski definition) is 2. The highest BCUT2D eigenvalue weighted by atomic mass is 35.5. The lowest BCUT2D eigenvalue weighted by atomic mass is 10.2. The van der Waals surface area contributed by atoms with Crippen molar-refractivity contribution in [2.24, 2.45) is 5.92 Å². The zero-order valence-corrected chi connectivity index (χ0v) is 12.0. The summed E-state index contributed by atoms with van der Waals surface area (Å²) in [5.41, 5.74) is -0.406. The molecule has 1 aromatic carbocycles. The van der Waals surface area contributed by atoms with E-state index in [1.807, 2.05) is 0 Å². The van der Waals surface area contributed by atoms with E-state index in [1.54, 1.807) is 0 Å². The molecule has 1 aromatic rings. The van der Waals surface area contributed by atoms with Gasteiger partial charge in [-0.2, -0.15) is 0 Å². The first-order valence-electron chi connectivity index (χ1n) is 5.51. The fraction of sp³-hybridized carbons (Fsp3) is 0.364. The Morgan fingerprint density at radius 3 is 2.53 bits per heavy atom. The Hall–Kier alpha value is -0.980. The largest absolute Gasteiger partial charge is 0.478 e. The number of aromatic carboxylic acids is 1. The van der Waals surface area contributed by atoms with Gasteiger partial charge in [0.1, 0.15) is 0 Å². The molecule has 1 aliphatic rings. The first-order chi connectivity index (χ1) is 8.78. The molecular formula is C11H11Cl2NO4S. The fourth-order valence-corrected chi connectivity index (χ4v) is 3.80. The topological polar surface area (TPSA) is 83.5 Å². The van der Waals surface area contributed by atoms with Crippen LogP contribution in [0.3, 0.4) is 0 Å². The lowest BCUT2D eigenvalue weighted by molar-refractivity contribution is 0.0698. The normalized spacial score (nSPS) is 15.3. The molecule has 0 aliphatic heterocycles. The summed E-state index contributed by atoms with van der Waals surface area (Å²) in [6.07, 6.45) is 1.75. The predicted octanol–water partition coefficient (Wildman–Crippen LogP) is 2.84. The molecule has 5 nitrogen and oxygen atoms in total. The van der Waals surface area contributed by atoms with E-state index in [0.717, 1.165) is 18.9 Å². The van der Waals surface area contributed by atoms with E-state index in [2.05, 4.69) is 4.72 Å².